The molecule has 3 aromatic rings. The maximum atomic E-state index is 11.5. The Morgan fingerprint density at radius 2 is 2.05 bits per heavy atom. The summed E-state index contributed by atoms with van der Waals surface area (Å²) in [6.07, 6.45) is 1.68. The molecular formula is C15H11Cl2N3O2. The number of halogens is 2. The average Bonchev–Trinajstić information content (AvgIpc) is 2.91. The van der Waals surface area contributed by atoms with Crippen molar-refractivity contribution < 1.29 is 10.0 Å². The molecule has 0 unspecified atom stereocenters. The standard InChI is InChI=1S/C15H11Cl2N3O2/c16-11-3-1-10(12(17)6-11)7-20-8-18-13-4-2-9(5-14(13)20)15(21)19-22/h1-6,8,22H,7H2,(H,19,21). The predicted octanol–water partition coefficient (Wildman–Crippen LogP) is 3.51. The maximum Gasteiger partial charge on any atom is 0.274 e. The molecule has 22 heavy (non-hydrogen) atoms. The van der Waals surface area contributed by atoms with Crippen LogP contribution in [0.15, 0.2) is 42.7 Å². The van der Waals surface area contributed by atoms with Gasteiger partial charge in [-0.1, -0.05) is 29.3 Å². The van der Waals surface area contributed by atoms with Crippen LogP contribution in [-0.2, 0) is 6.54 Å². The highest BCUT2D eigenvalue weighted by atomic mass is 35.5. The van der Waals surface area contributed by atoms with Gasteiger partial charge in [0.25, 0.3) is 5.91 Å². The van der Waals surface area contributed by atoms with E-state index >= 15 is 0 Å². The largest absolute Gasteiger partial charge is 0.326 e. The van der Waals surface area contributed by atoms with Gasteiger partial charge in [-0.25, -0.2) is 10.5 Å². The summed E-state index contributed by atoms with van der Waals surface area (Å²) < 4.78 is 1.87. The smallest absolute Gasteiger partial charge is 0.274 e. The fourth-order valence-electron chi connectivity index (χ4n) is 2.22. The minimum atomic E-state index is -0.570. The van der Waals surface area contributed by atoms with Crippen LogP contribution in [0.2, 0.25) is 10.0 Å². The first kappa shape index (κ1) is 14.8. The van der Waals surface area contributed by atoms with Gasteiger partial charge in [-0.2, -0.15) is 0 Å². The van der Waals surface area contributed by atoms with E-state index in [1.54, 1.807) is 42.1 Å². The van der Waals surface area contributed by atoms with Gasteiger partial charge in [0.2, 0.25) is 0 Å². The predicted molar refractivity (Wildman–Crippen MR) is 84.5 cm³/mol. The number of hydrogen-bond acceptors (Lipinski definition) is 3. The summed E-state index contributed by atoms with van der Waals surface area (Å²) in [7, 11) is 0. The number of hydrogen-bond donors (Lipinski definition) is 2. The van der Waals surface area contributed by atoms with Crippen molar-refractivity contribution in [1.82, 2.24) is 15.0 Å². The molecule has 1 amide bonds. The van der Waals surface area contributed by atoms with Crippen LogP contribution in [0.25, 0.3) is 11.0 Å². The van der Waals surface area contributed by atoms with E-state index in [2.05, 4.69) is 4.98 Å². The van der Waals surface area contributed by atoms with Crippen molar-refractivity contribution in [3.63, 3.8) is 0 Å². The van der Waals surface area contributed by atoms with Gasteiger partial charge >= 0.3 is 0 Å². The zero-order valence-corrected chi connectivity index (χ0v) is 12.8. The summed E-state index contributed by atoms with van der Waals surface area (Å²) in [6.45, 7) is 0.497. The normalized spacial score (nSPS) is 10.9. The number of benzene rings is 2. The minimum absolute atomic E-state index is 0.346. The molecule has 1 aromatic heterocycles. The minimum Gasteiger partial charge on any atom is -0.326 e. The van der Waals surface area contributed by atoms with Crippen molar-refractivity contribution in [2.45, 2.75) is 6.54 Å². The van der Waals surface area contributed by atoms with Crippen LogP contribution >= 0.6 is 23.2 Å². The maximum absolute atomic E-state index is 11.5. The van der Waals surface area contributed by atoms with Crippen LogP contribution in [0.1, 0.15) is 15.9 Å². The summed E-state index contributed by atoms with van der Waals surface area (Å²) in [5.41, 5.74) is 4.38. The number of amides is 1. The van der Waals surface area contributed by atoms with Gasteiger partial charge in [0.1, 0.15) is 0 Å². The van der Waals surface area contributed by atoms with Gasteiger partial charge in [0.15, 0.2) is 0 Å². The zero-order valence-electron chi connectivity index (χ0n) is 11.3. The average molecular weight is 336 g/mol. The van der Waals surface area contributed by atoms with Crippen LogP contribution < -0.4 is 5.48 Å². The van der Waals surface area contributed by atoms with Crippen molar-refractivity contribution >= 4 is 40.1 Å². The van der Waals surface area contributed by atoms with Crippen LogP contribution in [0.3, 0.4) is 0 Å². The Morgan fingerprint density at radius 1 is 1.23 bits per heavy atom. The second kappa shape index (κ2) is 5.96. The summed E-state index contributed by atoms with van der Waals surface area (Å²) in [5.74, 6) is -0.570. The summed E-state index contributed by atoms with van der Waals surface area (Å²) in [4.78, 5) is 15.8. The topological polar surface area (TPSA) is 67.2 Å². The number of carbonyl (C=O) groups is 1. The highest BCUT2D eigenvalue weighted by molar-refractivity contribution is 6.35. The van der Waals surface area contributed by atoms with Crippen molar-refractivity contribution in [3.8, 4) is 0 Å². The molecular weight excluding hydrogens is 325 g/mol. The summed E-state index contributed by atoms with van der Waals surface area (Å²) in [6, 6.07) is 10.3. The first-order valence-electron chi connectivity index (χ1n) is 6.42. The Labute approximate surface area is 136 Å². The number of fused-ring (bicyclic) bond motifs is 1. The molecule has 5 nitrogen and oxygen atoms in total. The van der Waals surface area contributed by atoms with Gasteiger partial charge in [0, 0.05) is 15.6 Å². The lowest BCUT2D eigenvalue weighted by Crippen LogP contribution is -2.18. The summed E-state index contributed by atoms with van der Waals surface area (Å²) in [5, 5.41) is 9.87. The molecule has 0 aliphatic carbocycles. The van der Waals surface area contributed by atoms with Gasteiger partial charge < -0.3 is 4.57 Å². The molecule has 1 heterocycles. The fourth-order valence-corrected chi connectivity index (χ4v) is 2.69. The highest BCUT2D eigenvalue weighted by Crippen LogP contribution is 2.23. The number of rotatable bonds is 3. The third kappa shape index (κ3) is 2.78. The molecule has 0 bridgehead atoms. The quantitative estimate of drug-likeness (QED) is 0.568. The second-order valence-electron chi connectivity index (χ2n) is 4.75. The van der Waals surface area contributed by atoms with Crippen LogP contribution in [0.5, 0.6) is 0 Å². The molecule has 0 spiro atoms. The number of aromatic nitrogens is 2. The molecule has 0 aliphatic rings. The lowest BCUT2D eigenvalue weighted by atomic mass is 10.2. The Morgan fingerprint density at radius 3 is 2.77 bits per heavy atom. The SMILES string of the molecule is O=C(NO)c1ccc2ncn(Cc3ccc(Cl)cc3Cl)c2c1. The van der Waals surface area contributed by atoms with E-state index in [0.29, 0.717) is 22.2 Å². The van der Waals surface area contributed by atoms with Crippen LogP contribution in [0, 0.1) is 0 Å². The Kier molecular flexibility index (Phi) is 4.02. The van der Waals surface area contributed by atoms with Gasteiger partial charge in [-0.05, 0) is 35.9 Å². The lowest BCUT2D eigenvalue weighted by Gasteiger charge is -2.08. The van der Waals surface area contributed by atoms with E-state index in [-0.39, 0.29) is 0 Å². The van der Waals surface area contributed by atoms with Crippen molar-refractivity contribution in [2.24, 2.45) is 0 Å². The molecule has 0 saturated heterocycles. The van der Waals surface area contributed by atoms with Gasteiger partial charge in [-0.3, -0.25) is 10.0 Å². The van der Waals surface area contributed by atoms with Crippen molar-refractivity contribution in [3.05, 3.63) is 63.9 Å². The number of hydroxylamine groups is 1. The van der Waals surface area contributed by atoms with E-state index in [9.17, 15) is 4.79 Å². The zero-order chi connectivity index (χ0) is 15.7. The molecule has 3 rings (SSSR count). The van der Waals surface area contributed by atoms with Gasteiger partial charge in [0.05, 0.1) is 23.9 Å². The van der Waals surface area contributed by atoms with E-state index in [1.165, 1.54) is 0 Å². The van der Waals surface area contributed by atoms with E-state index in [1.807, 2.05) is 10.6 Å². The number of nitrogens with one attached hydrogen (secondary N) is 1. The Bertz CT molecular complexity index is 861. The molecule has 0 fully saturated rings. The molecule has 112 valence electrons. The molecule has 7 heteroatoms. The summed E-state index contributed by atoms with van der Waals surface area (Å²) >= 11 is 12.1. The first-order valence-corrected chi connectivity index (χ1v) is 7.17. The van der Waals surface area contributed by atoms with Crippen molar-refractivity contribution in [2.75, 3.05) is 0 Å². The number of carbonyl (C=O) groups excluding carboxylic acids is 1. The third-order valence-corrected chi connectivity index (χ3v) is 3.93. The lowest BCUT2D eigenvalue weighted by molar-refractivity contribution is 0.0706. The number of imidazole rings is 1. The highest BCUT2D eigenvalue weighted by Gasteiger charge is 2.10. The fraction of sp³-hybridized carbons (Fsp3) is 0.0667. The second-order valence-corrected chi connectivity index (χ2v) is 5.60. The van der Waals surface area contributed by atoms with Gasteiger partial charge in [-0.15, -0.1) is 0 Å². The molecule has 2 N–H and O–H groups in total. The van der Waals surface area contributed by atoms with E-state index in [4.69, 9.17) is 28.4 Å². The molecule has 2 aromatic carbocycles. The Hall–Kier alpha value is -2.08. The molecule has 0 radical (unpaired) electrons. The molecule has 0 atom stereocenters. The first-order chi connectivity index (χ1) is 10.6. The molecule has 0 saturated carbocycles. The monoisotopic (exact) mass is 335 g/mol. The van der Waals surface area contributed by atoms with Crippen LogP contribution in [-0.4, -0.2) is 20.7 Å². The Balaban J connectivity index is 2.01. The van der Waals surface area contributed by atoms with Crippen LogP contribution in [0.4, 0.5) is 0 Å². The van der Waals surface area contributed by atoms with E-state index < -0.39 is 5.91 Å². The van der Waals surface area contributed by atoms with Crippen molar-refractivity contribution in [1.29, 1.82) is 0 Å². The van der Waals surface area contributed by atoms with E-state index in [0.717, 1.165) is 16.6 Å². The third-order valence-electron chi connectivity index (χ3n) is 3.34. The number of nitrogens with zero attached hydrogens (tertiary/aromatic N) is 2. The molecule has 0 aliphatic heterocycles.